The largest absolute Gasteiger partial charge is 0.281 e. The van der Waals surface area contributed by atoms with E-state index in [4.69, 9.17) is 11.6 Å². The van der Waals surface area contributed by atoms with Gasteiger partial charge < -0.3 is 0 Å². The lowest BCUT2D eigenvalue weighted by Gasteiger charge is -2.16. The third-order valence-electron chi connectivity index (χ3n) is 2.07. The fourth-order valence-electron chi connectivity index (χ4n) is 1.44. The SMILES string of the molecule is CC(C)[C@H](C(=O)Cl)c1ccccc1. The minimum absolute atomic E-state index is 0.178. The van der Waals surface area contributed by atoms with E-state index in [1.54, 1.807) is 0 Å². The summed E-state index contributed by atoms with van der Waals surface area (Å²) in [7, 11) is 0. The van der Waals surface area contributed by atoms with Crippen LogP contribution in [0.1, 0.15) is 25.3 Å². The Bertz CT molecular complexity index is 279. The summed E-state index contributed by atoms with van der Waals surface area (Å²) in [6, 6.07) is 9.64. The zero-order valence-corrected chi connectivity index (χ0v) is 8.58. The Kier molecular flexibility index (Phi) is 3.49. The number of hydrogen-bond donors (Lipinski definition) is 0. The monoisotopic (exact) mass is 196 g/mol. The number of carbonyl (C=O) groups excluding carboxylic acids is 1. The number of carbonyl (C=O) groups is 1. The van der Waals surface area contributed by atoms with Gasteiger partial charge >= 0.3 is 0 Å². The van der Waals surface area contributed by atoms with Gasteiger partial charge in [0.05, 0.1) is 5.92 Å². The number of rotatable bonds is 3. The molecule has 0 radical (unpaired) electrons. The molecular formula is C11H13ClO. The molecule has 0 saturated heterocycles. The Morgan fingerprint density at radius 1 is 1.23 bits per heavy atom. The molecule has 0 saturated carbocycles. The van der Waals surface area contributed by atoms with Gasteiger partial charge in [0.2, 0.25) is 5.24 Å². The van der Waals surface area contributed by atoms with E-state index >= 15 is 0 Å². The molecule has 0 aliphatic heterocycles. The molecule has 0 unspecified atom stereocenters. The number of hydrogen-bond acceptors (Lipinski definition) is 1. The smallest absolute Gasteiger partial charge is 0.229 e. The summed E-state index contributed by atoms with van der Waals surface area (Å²) in [4.78, 5) is 11.2. The van der Waals surface area contributed by atoms with Gasteiger partial charge in [-0.25, -0.2) is 0 Å². The highest BCUT2D eigenvalue weighted by atomic mass is 35.5. The Morgan fingerprint density at radius 3 is 2.15 bits per heavy atom. The molecule has 0 aromatic heterocycles. The molecule has 0 bridgehead atoms. The quantitative estimate of drug-likeness (QED) is 0.679. The molecule has 0 fully saturated rings. The Labute approximate surface area is 83.7 Å². The molecule has 2 heteroatoms. The summed E-state index contributed by atoms with van der Waals surface area (Å²) in [5.41, 5.74) is 0.998. The predicted octanol–water partition coefficient (Wildman–Crippen LogP) is 3.19. The molecule has 0 heterocycles. The summed E-state index contributed by atoms with van der Waals surface area (Å²) in [5.74, 6) is 0.0651. The van der Waals surface area contributed by atoms with Crippen molar-refractivity contribution in [2.24, 2.45) is 5.92 Å². The van der Waals surface area contributed by atoms with Crippen molar-refractivity contribution in [3.63, 3.8) is 0 Å². The van der Waals surface area contributed by atoms with E-state index in [0.717, 1.165) is 5.56 Å². The van der Waals surface area contributed by atoms with Gasteiger partial charge in [0.25, 0.3) is 0 Å². The number of benzene rings is 1. The maximum absolute atomic E-state index is 11.2. The first-order valence-electron chi connectivity index (χ1n) is 4.37. The molecule has 1 aromatic carbocycles. The van der Waals surface area contributed by atoms with Crippen LogP contribution in [0.2, 0.25) is 0 Å². The van der Waals surface area contributed by atoms with Crippen molar-refractivity contribution in [1.29, 1.82) is 0 Å². The first-order chi connectivity index (χ1) is 6.13. The Morgan fingerprint density at radius 2 is 1.77 bits per heavy atom. The van der Waals surface area contributed by atoms with Crippen LogP contribution in [0.15, 0.2) is 30.3 Å². The maximum atomic E-state index is 11.2. The van der Waals surface area contributed by atoms with Crippen molar-refractivity contribution in [2.75, 3.05) is 0 Å². The van der Waals surface area contributed by atoms with Crippen LogP contribution < -0.4 is 0 Å². The second kappa shape index (κ2) is 4.43. The topological polar surface area (TPSA) is 17.1 Å². The first kappa shape index (κ1) is 10.3. The van der Waals surface area contributed by atoms with Crippen molar-refractivity contribution >= 4 is 16.8 Å². The van der Waals surface area contributed by atoms with Crippen molar-refractivity contribution in [1.82, 2.24) is 0 Å². The zero-order chi connectivity index (χ0) is 9.84. The fourth-order valence-corrected chi connectivity index (χ4v) is 1.82. The van der Waals surface area contributed by atoms with Gasteiger partial charge in [-0.3, -0.25) is 4.79 Å². The van der Waals surface area contributed by atoms with E-state index in [2.05, 4.69) is 0 Å². The lowest BCUT2D eigenvalue weighted by atomic mass is 9.90. The van der Waals surface area contributed by atoms with Gasteiger partial charge in [0.15, 0.2) is 0 Å². The minimum Gasteiger partial charge on any atom is -0.281 e. The van der Waals surface area contributed by atoms with Crippen molar-refractivity contribution in [3.05, 3.63) is 35.9 Å². The van der Waals surface area contributed by atoms with Gasteiger partial charge in [-0.2, -0.15) is 0 Å². The van der Waals surface area contributed by atoms with Gasteiger partial charge in [-0.1, -0.05) is 44.2 Å². The molecule has 1 nitrogen and oxygen atoms in total. The molecule has 0 N–H and O–H groups in total. The summed E-state index contributed by atoms with van der Waals surface area (Å²) in [5, 5.41) is -0.277. The zero-order valence-electron chi connectivity index (χ0n) is 7.83. The third kappa shape index (κ3) is 2.56. The summed E-state index contributed by atoms with van der Waals surface area (Å²) >= 11 is 5.53. The van der Waals surface area contributed by atoms with E-state index in [1.165, 1.54) is 0 Å². The predicted molar refractivity (Wildman–Crippen MR) is 54.9 cm³/mol. The van der Waals surface area contributed by atoms with E-state index in [9.17, 15) is 4.79 Å². The van der Waals surface area contributed by atoms with E-state index in [1.807, 2.05) is 44.2 Å². The highest BCUT2D eigenvalue weighted by Crippen LogP contribution is 2.26. The van der Waals surface area contributed by atoms with Crippen LogP contribution in [-0.2, 0) is 4.79 Å². The summed E-state index contributed by atoms with van der Waals surface area (Å²) in [6.45, 7) is 4.00. The molecule has 0 spiro atoms. The molecular weight excluding hydrogens is 184 g/mol. The molecule has 70 valence electrons. The van der Waals surface area contributed by atoms with Crippen LogP contribution >= 0.6 is 11.6 Å². The molecule has 0 aliphatic carbocycles. The van der Waals surface area contributed by atoms with Crippen LogP contribution in [-0.4, -0.2) is 5.24 Å². The lowest BCUT2D eigenvalue weighted by molar-refractivity contribution is -0.113. The standard InChI is InChI=1S/C11H13ClO/c1-8(2)10(11(12)13)9-6-4-3-5-7-9/h3-8,10H,1-2H3/t10-/m0/s1. The Hall–Kier alpha value is -0.820. The summed E-state index contributed by atoms with van der Waals surface area (Å²) in [6.07, 6.45) is 0. The fraction of sp³-hybridized carbons (Fsp3) is 0.364. The van der Waals surface area contributed by atoms with Gasteiger partial charge in [-0.15, -0.1) is 0 Å². The van der Waals surface area contributed by atoms with Crippen LogP contribution in [0.5, 0.6) is 0 Å². The average Bonchev–Trinajstić information content (AvgIpc) is 2.04. The highest BCUT2D eigenvalue weighted by molar-refractivity contribution is 6.64. The average molecular weight is 197 g/mol. The van der Waals surface area contributed by atoms with E-state index in [0.29, 0.717) is 0 Å². The van der Waals surface area contributed by atoms with Gasteiger partial charge in [0.1, 0.15) is 0 Å². The lowest BCUT2D eigenvalue weighted by Crippen LogP contribution is -2.13. The molecule has 13 heavy (non-hydrogen) atoms. The molecule has 1 rings (SSSR count). The molecule has 1 atom stereocenters. The molecule has 1 aromatic rings. The maximum Gasteiger partial charge on any atom is 0.229 e. The van der Waals surface area contributed by atoms with E-state index < -0.39 is 0 Å². The van der Waals surface area contributed by atoms with Crippen LogP contribution in [0, 0.1) is 5.92 Å². The van der Waals surface area contributed by atoms with Crippen LogP contribution in [0.3, 0.4) is 0 Å². The molecule has 0 amide bonds. The first-order valence-corrected chi connectivity index (χ1v) is 4.75. The van der Waals surface area contributed by atoms with Crippen molar-refractivity contribution < 1.29 is 4.79 Å². The normalized spacial score (nSPS) is 12.9. The second-order valence-corrected chi connectivity index (χ2v) is 3.81. The second-order valence-electron chi connectivity index (χ2n) is 3.44. The van der Waals surface area contributed by atoms with E-state index in [-0.39, 0.29) is 17.1 Å². The van der Waals surface area contributed by atoms with Crippen molar-refractivity contribution in [3.8, 4) is 0 Å². The van der Waals surface area contributed by atoms with Crippen LogP contribution in [0.4, 0.5) is 0 Å². The van der Waals surface area contributed by atoms with Gasteiger partial charge in [-0.05, 0) is 23.1 Å². The van der Waals surface area contributed by atoms with Crippen LogP contribution in [0.25, 0.3) is 0 Å². The van der Waals surface area contributed by atoms with Gasteiger partial charge in [0, 0.05) is 0 Å². The Balaban J connectivity index is 2.96. The summed E-state index contributed by atoms with van der Waals surface area (Å²) < 4.78 is 0. The third-order valence-corrected chi connectivity index (χ3v) is 2.30. The minimum atomic E-state index is -0.277. The van der Waals surface area contributed by atoms with Crippen molar-refractivity contribution in [2.45, 2.75) is 19.8 Å². The highest BCUT2D eigenvalue weighted by Gasteiger charge is 2.21. The number of halogens is 1. The molecule has 0 aliphatic rings.